The van der Waals surface area contributed by atoms with Gasteiger partial charge >= 0.3 is 0 Å². The van der Waals surface area contributed by atoms with E-state index in [1.807, 2.05) is 13.0 Å². The van der Waals surface area contributed by atoms with Crippen LogP contribution in [0.5, 0.6) is 0 Å². The first-order valence-corrected chi connectivity index (χ1v) is 7.10. The molecule has 0 radical (unpaired) electrons. The van der Waals surface area contributed by atoms with E-state index in [0.29, 0.717) is 12.0 Å². The minimum atomic E-state index is -0.643. The number of hydrogen-bond acceptors (Lipinski definition) is 3. The number of rotatable bonds is 4. The number of halogens is 1. The largest absolute Gasteiger partial charge is 0.276 e. The van der Waals surface area contributed by atoms with Crippen molar-refractivity contribution in [3.63, 3.8) is 0 Å². The molecule has 0 N–H and O–H groups in total. The van der Waals surface area contributed by atoms with Gasteiger partial charge in [-0.05, 0) is 48.9 Å². The zero-order chi connectivity index (χ0) is 14.7. The van der Waals surface area contributed by atoms with E-state index in [0.717, 1.165) is 24.8 Å². The molecule has 0 amide bonds. The molecular formula is C15H16ClNO3. The van der Waals surface area contributed by atoms with Crippen LogP contribution in [0.1, 0.15) is 53.6 Å². The fraction of sp³-hybridized carbons (Fsp3) is 0.400. The second-order valence-corrected chi connectivity index (χ2v) is 5.26. The first-order valence-electron chi connectivity index (χ1n) is 6.72. The third kappa shape index (κ3) is 2.90. The lowest BCUT2D eigenvalue weighted by molar-refractivity contribution is -0.385. The fourth-order valence-corrected chi connectivity index (χ4v) is 2.83. The Labute approximate surface area is 122 Å². The lowest BCUT2D eigenvalue weighted by Crippen LogP contribution is -2.07. The van der Waals surface area contributed by atoms with Gasteiger partial charge in [0.25, 0.3) is 10.9 Å². The summed E-state index contributed by atoms with van der Waals surface area (Å²) in [6.07, 6.45) is 7.64. The van der Waals surface area contributed by atoms with Gasteiger partial charge in [0.15, 0.2) is 0 Å². The minimum absolute atomic E-state index is 0.0113. The normalized spacial score (nSPS) is 18.0. The third-order valence-corrected chi connectivity index (χ3v) is 3.90. The second kappa shape index (κ2) is 6.18. The maximum atomic E-state index is 11.4. The standard InChI is InChI=1S/C15H16ClNO3/c1-2-10-8-12(11-6-4-3-5-7-11)14(17(19)20)9-13(10)15(16)18/h4,6,8-9,11H,2-3,5,7H2,1H3. The number of nitrogens with zero attached hydrogens (tertiary/aromatic N) is 1. The van der Waals surface area contributed by atoms with Crippen LogP contribution in [0.2, 0.25) is 0 Å². The van der Waals surface area contributed by atoms with Crippen LogP contribution in [0.3, 0.4) is 0 Å². The summed E-state index contributed by atoms with van der Waals surface area (Å²) in [5, 5.41) is 10.6. The molecular weight excluding hydrogens is 278 g/mol. The zero-order valence-electron chi connectivity index (χ0n) is 11.3. The molecule has 1 aliphatic carbocycles. The van der Waals surface area contributed by atoms with Crippen LogP contribution in [0.15, 0.2) is 24.3 Å². The average Bonchev–Trinajstić information content (AvgIpc) is 2.46. The van der Waals surface area contributed by atoms with E-state index in [9.17, 15) is 14.9 Å². The van der Waals surface area contributed by atoms with Crippen molar-refractivity contribution in [3.8, 4) is 0 Å². The number of nitro benzene ring substituents is 1. The van der Waals surface area contributed by atoms with Crippen molar-refractivity contribution in [1.82, 2.24) is 0 Å². The Kier molecular flexibility index (Phi) is 4.55. The highest BCUT2D eigenvalue weighted by molar-refractivity contribution is 6.68. The molecule has 0 spiro atoms. The van der Waals surface area contributed by atoms with Crippen LogP contribution < -0.4 is 0 Å². The Hall–Kier alpha value is -1.68. The molecule has 0 aliphatic heterocycles. The smallest absolute Gasteiger partial charge is 0.273 e. The van der Waals surface area contributed by atoms with E-state index in [1.54, 1.807) is 6.07 Å². The number of benzene rings is 1. The summed E-state index contributed by atoms with van der Waals surface area (Å²) in [4.78, 5) is 22.3. The Balaban J connectivity index is 2.59. The molecule has 0 fully saturated rings. The van der Waals surface area contributed by atoms with Crippen LogP contribution >= 0.6 is 11.6 Å². The molecule has 1 aromatic carbocycles. The summed E-state index contributed by atoms with van der Waals surface area (Å²) in [6, 6.07) is 3.10. The molecule has 2 rings (SSSR count). The van der Waals surface area contributed by atoms with Crippen LogP contribution in [-0.4, -0.2) is 10.2 Å². The third-order valence-electron chi connectivity index (χ3n) is 3.70. The van der Waals surface area contributed by atoms with Gasteiger partial charge in [0, 0.05) is 23.1 Å². The molecule has 0 saturated carbocycles. The fourth-order valence-electron chi connectivity index (χ4n) is 2.65. The van der Waals surface area contributed by atoms with Gasteiger partial charge in [0.1, 0.15) is 0 Å². The summed E-state index contributed by atoms with van der Waals surface area (Å²) in [5.41, 5.74) is 1.68. The van der Waals surface area contributed by atoms with Crippen LogP contribution in [0.4, 0.5) is 5.69 Å². The summed E-state index contributed by atoms with van der Waals surface area (Å²) >= 11 is 5.53. The van der Waals surface area contributed by atoms with Gasteiger partial charge in [-0.3, -0.25) is 14.9 Å². The SMILES string of the molecule is CCc1cc(C2C=CCCC2)c([N+](=O)[O-])cc1C(=O)Cl. The lowest BCUT2D eigenvalue weighted by atomic mass is 9.86. The van der Waals surface area contributed by atoms with Gasteiger partial charge in [0.2, 0.25) is 0 Å². The zero-order valence-corrected chi connectivity index (χ0v) is 12.0. The molecule has 20 heavy (non-hydrogen) atoms. The average molecular weight is 294 g/mol. The first-order chi connectivity index (χ1) is 9.54. The second-order valence-electron chi connectivity index (χ2n) is 4.92. The Morgan fingerprint density at radius 3 is 2.75 bits per heavy atom. The summed E-state index contributed by atoms with van der Waals surface area (Å²) in [7, 11) is 0. The summed E-state index contributed by atoms with van der Waals surface area (Å²) in [5.74, 6) is 0.0499. The van der Waals surface area contributed by atoms with Crippen molar-refractivity contribution >= 4 is 22.5 Å². The monoisotopic (exact) mass is 293 g/mol. The number of carbonyl (C=O) groups excluding carboxylic acids is 1. The number of nitro groups is 1. The quantitative estimate of drug-likeness (QED) is 0.359. The number of hydrogen-bond donors (Lipinski definition) is 0. The summed E-state index contributed by atoms with van der Waals surface area (Å²) < 4.78 is 0. The van der Waals surface area contributed by atoms with Crippen molar-refractivity contribution in [3.05, 3.63) is 51.1 Å². The van der Waals surface area contributed by atoms with Gasteiger partial charge in [-0.1, -0.05) is 19.1 Å². The van der Waals surface area contributed by atoms with Crippen LogP contribution in [-0.2, 0) is 6.42 Å². The van der Waals surface area contributed by atoms with E-state index in [1.165, 1.54) is 6.07 Å². The highest BCUT2D eigenvalue weighted by Crippen LogP contribution is 2.36. The lowest BCUT2D eigenvalue weighted by Gasteiger charge is -2.18. The predicted octanol–water partition coefficient (Wildman–Crippen LogP) is 4.36. The maximum Gasteiger partial charge on any atom is 0.273 e. The van der Waals surface area contributed by atoms with Crippen LogP contribution in [0.25, 0.3) is 0 Å². The first kappa shape index (κ1) is 14.7. The molecule has 0 heterocycles. The highest BCUT2D eigenvalue weighted by atomic mass is 35.5. The summed E-state index contributed by atoms with van der Waals surface area (Å²) in [6.45, 7) is 1.91. The molecule has 0 aromatic heterocycles. The molecule has 4 nitrogen and oxygen atoms in total. The molecule has 1 unspecified atom stereocenters. The Morgan fingerprint density at radius 1 is 1.50 bits per heavy atom. The Bertz CT molecular complexity index is 581. The maximum absolute atomic E-state index is 11.4. The molecule has 106 valence electrons. The van der Waals surface area contributed by atoms with E-state index in [2.05, 4.69) is 6.08 Å². The number of allylic oxidation sites excluding steroid dienone is 2. The van der Waals surface area contributed by atoms with Crippen molar-refractivity contribution < 1.29 is 9.72 Å². The highest BCUT2D eigenvalue weighted by Gasteiger charge is 2.25. The van der Waals surface area contributed by atoms with Crippen molar-refractivity contribution in [1.29, 1.82) is 0 Å². The van der Waals surface area contributed by atoms with Crippen molar-refractivity contribution in [2.75, 3.05) is 0 Å². The molecule has 1 atom stereocenters. The molecule has 1 aromatic rings. The van der Waals surface area contributed by atoms with Crippen molar-refractivity contribution in [2.45, 2.75) is 38.5 Å². The topological polar surface area (TPSA) is 60.2 Å². The van der Waals surface area contributed by atoms with E-state index in [-0.39, 0.29) is 17.2 Å². The van der Waals surface area contributed by atoms with Gasteiger partial charge in [0.05, 0.1) is 4.92 Å². The number of carbonyl (C=O) groups is 1. The molecule has 0 bridgehead atoms. The van der Waals surface area contributed by atoms with Crippen LogP contribution in [0, 0.1) is 10.1 Å². The van der Waals surface area contributed by atoms with Gasteiger partial charge in [-0.25, -0.2) is 0 Å². The minimum Gasteiger partial charge on any atom is -0.276 e. The predicted molar refractivity (Wildman–Crippen MR) is 78.4 cm³/mol. The van der Waals surface area contributed by atoms with Gasteiger partial charge in [-0.2, -0.15) is 0 Å². The van der Waals surface area contributed by atoms with Crippen molar-refractivity contribution in [2.24, 2.45) is 0 Å². The van der Waals surface area contributed by atoms with E-state index in [4.69, 9.17) is 11.6 Å². The van der Waals surface area contributed by atoms with Gasteiger partial charge in [-0.15, -0.1) is 0 Å². The van der Waals surface area contributed by atoms with E-state index < -0.39 is 10.2 Å². The molecule has 5 heteroatoms. The van der Waals surface area contributed by atoms with Gasteiger partial charge < -0.3 is 0 Å². The Morgan fingerprint density at radius 2 is 2.25 bits per heavy atom. The molecule has 0 saturated heterocycles. The van der Waals surface area contributed by atoms with E-state index >= 15 is 0 Å². The molecule has 1 aliphatic rings. The number of aryl methyl sites for hydroxylation is 1.